The Hall–Kier alpha value is -2.90. The average Bonchev–Trinajstić information content (AvgIpc) is 3.41. The summed E-state index contributed by atoms with van der Waals surface area (Å²) in [5.41, 5.74) is 2.55. The summed E-state index contributed by atoms with van der Waals surface area (Å²) in [7, 11) is 0. The monoisotopic (exact) mass is 385 g/mol. The van der Waals surface area contributed by atoms with Gasteiger partial charge in [-0.3, -0.25) is 4.79 Å². The van der Waals surface area contributed by atoms with Crippen LogP contribution in [0.4, 0.5) is 14.6 Å². The lowest BCUT2D eigenvalue weighted by Crippen LogP contribution is -2.17. The molecule has 0 aromatic carbocycles. The van der Waals surface area contributed by atoms with Crippen LogP contribution in [0.15, 0.2) is 24.5 Å². The third-order valence-electron chi connectivity index (χ3n) is 4.87. The Kier molecular flexibility index (Phi) is 4.36. The van der Waals surface area contributed by atoms with Crippen LogP contribution in [0.2, 0.25) is 0 Å². The van der Waals surface area contributed by atoms with Crippen LogP contribution < -0.4 is 5.32 Å². The standard InChI is InChI=1S/C20H21F2N5O/c1-4-20(21,22)19-24-11(2)7-16(26-19)15-10-27(13-5-6-13)17-9-23-18(8-14(15)17)25-12(3)28/h7-10,13H,4-6H2,1-3H3,(H,23,25,28). The van der Waals surface area contributed by atoms with E-state index in [1.165, 1.54) is 13.8 Å². The van der Waals surface area contributed by atoms with E-state index in [1.807, 2.05) is 6.20 Å². The fourth-order valence-corrected chi connectivity index (χ4v) is 3.28. The SMILES string of the molecule is CCC(F)(F)c1nc(C)cc(-c2cn(C3CC3)c3cnc(NC(C)=O)cc23)n1. The summed E-state index contributed by atoms with van der Waals surface area (Å²) in [6, 6.07) is 3.85. The number of amides is 1. The molecule has 4 rings (SSSR count). The molecule has 0 saturated heterocycles. The third kappa shape index (κ3) is 3.34. The van der Waals surface area contributed by atoms with Crippen molar-refractivity contribution in [1.29, 1.82) is 0 Å². The highest BCUT2D eigenvalue weighted by molar-refractivity contribution is 5.98. The summed E-state index contributed by atoms with van der Waals surface area (Å²) < 4.78 is 30.6. The summed E-state index contributed by atoms with van der Waals surface area (Å²) in [4.78, 5) is 23.9. The number of nitrogens with one attached hydrogen (secondary N) is 1. The fraction of sp³-hybridized carbons (Fsp3) is 0.400. The highest BCUT2D eigenvalue weighted by Crippen LogP contribution is 2.42. The maximum Gasteiger partial charge on any atom is 0.306 e. The minimum Gasteiger partial charge on any atom is -0.342 e. The summed E-state index contributed by atoms with van der Waals surface area (Å²) in [6.45, 7) is 4.51. The molecule has 1 fully saturated rings. The van der Waals surface area contributed by atoms with Gasteiger partial charge in [0.15, 0.2) is 5.82 Å². The first-order valence-electron chi connectivity index (χ1n) is 9.31. The first-order chi connectivity index (χ1) is 13.3. The van der Waals surface area contributed by atoms with Gasteiger partial charge in [-0.05, 0) is 31.9 Å². The van der Waals surface area contributed by atoms with E-state index in [-0.39, 0.29) is 12.3 Å². The third-order valence-corrected chi connectivity index (χ3v) is 4.87. The average molecular weight is 385 g/mol. The zero-order valence-corrected chi connectivity index (χ0v) is 16.0. The second-order valence-corrected chi connectivity index (χ2v) is 7.23. The normalized spacial score (nSPS) is 14.5. The number of hydrogen-bond donors (Lipinski definition) is 1. The van der Waals surface area contributed by atoms with Crippen LogP contribution >= 0.6 is 0 Å². The molecule has 1 aliphatic carbocycles. The van der Waals surface area contributed by atoms with Crippen molar-refractivity contribution in [2.24, 2.45) is 0 Å². The second kappa shape index (κ2) is 6.61. The van der Waals surface area contributed by atoms with E-state index in [4.69, 9.17) is 0 Å². The van der Waals surface area contributed by atoms with E-state index < -0.39 is 11.7 Å². The number of aryl methyl sites for hydroxylation is 1. The van der Waals surface area contributed by atoms with E-state index in [9.17, 15) is 13.6 Å². The predicted molar refractivity (Wildman–Crippen MR) is 102 cm³/mol. The van der Waals surface area contributed by atoms with Crippen molar-refractivity contribution in [3.05, 3.63) is 36.0 Å². The summed E-state index contributed by atoms with van der Waals surface area (Å²) in [5, 5.41) is 3.49. The van der Waals surface area contributed by atoms with Crippen molar-refractivity contribution in [3.8, 4) is 11.3 Å². The molecule has 0 aliphatic heterocycles. The predicted octanol–water partition coefficient (Wildman–Crippen LogP) is 4.60. The molecule has 0 radical (unpaired) electrons. The molecule has 0 unspecified atom stereocenters. The first kappa shape index (κ1) is 18.5. The van der Waals surface area contributed by atoms with Gasteiger partial charge in [0.25, 0.3) is 0 Å². The number of halogens is 2. The minimum atomic E-state index is -3.08. The lowest BCUT2D eigenvalue weighted by Gasteiger charge is -2.14. The van der Waals surface area contributed by atoms with Gasteiger partial charge in [0.1, 0.15) is 5.82 Å². The van der Waals surface area contributed by atoms with Crippen LogP contribution in [0.3, 0.4) is 0 Å². The number of aromatic nitrogens is 4. The van der Waals surface area contributed by atoms with E-state index >= 15 is 0 Å². The van der Waals surface area contributed by atoms with Crippen LogP contribution in [0.1, 0.15) is 50.7 Å². The Labute approximate surface area is 161 Å². The molecule has 3 aromatic rings. The molecule has 0 bridgehead atoms. The lowest BCUT2D eigenvalue weighted by molar-refractivity contribution is -0.114. The highest BCUT2D eigenvalue weighted by atomic mass is 19.3. The number of hydrogen-bond acceptors (Lipinski definition) is 4. The van der Waals surface area contributed by atoms with Gasteiger partial charge in [0.05, 0.1) is 17.4 Å². The van der Waals surface area contributed by atoms with Gasteiger partial charge in [-0.1, -0.05) is 6.92 Å². The number of fused-ring (bicyclic) bond motifs is 1. The van der Waals surface area contributed by atoms with Crippen LogP contribution in [-0.2, 0) is 10.7 Å². The quantitative estimate of drug-likeness (QED) is 0.697. The number of rotatable bonds is 5. The van der Waals surface area contributed by atoms with Gasteiger partial charge >= 0.3 is 5.92 Å². The van der Waals surface area contributed by atoms with Crippen molar-refractivity contribution >= 4 is 22.6 Å². The van der Waals surface area contributed by atoms with E-state index in [0.717, 1.165) is 29.3 Å². The van der Waals surface area contributed by atoms with Crippen LogP contribution in [-0.4, -0.2) is 25.4 Å². The summed E-state index contributed by atoms with van der Waals surface area (Å²) in [6.07, 6.45) is 5.42. The molecule has 1 amide bonds. The zero-order valence-electron chi connectivity index (χ0n) is 16.0. The number of nitrogens with zero attached hydrogens (tertiary/aromatic N) is 4. The number of carbonyl (C=O) groups excluding carboxylic acids is 1. The van der Waals surface area contributed by atoms with Crippen LogP contribution in [0.5, 0.6) is 0 Å². The molecule has 0 spiro atoms. The van der Waals surface area contributed by atoms with Crippen molar-refractivity contribution in [1.82, 2.24) is 19.5 Å². The number of alkyl halides is 2. The van der Waals surface area contributed by atoms with Crippen molar-refractivity contribution < 1.29 is 13.6 Å². The molecule has 1 aliphatic rings. The van der Waals surface area contributed by atoms with Gasteiger partial charge in [-0.25, -0.2) is 15.0 Å². The molecule has 3 aromatic heterocycles. The van der Waals surface area contributed by atoms with E-state index in [2.05, 4.69) is 24.8 Å². The Morgan fingerprint density at radius 1 is 1.32 bits per heavy atom. The van der Waals surface area contributed by atoms with Gasteiger partial charge in [0.2, 0.25) is 5.91 Å². The highest BCUT2D eigenvalue weighted by Gasteiger charge is 2.34. The topological polar surface area (TPSA) is 72.7 Å². The van der Waals surface area contributed by atoms with Gasteiger partial charge in [-0.2, -0.15) is 8.78 Å². The molecule has 6 nitrogen and oxygen atoms in total. The van der Waals surface area contributed by atoms with Crippen molar-refractivity contribution in [2.75, 3.05) is 5.32 Å². The minimum absolute atomic E-state index is 0.224. The van der Waals surface area contributed by atoms with Crippen LogP contribution in [0.25, 0.3) is 22.2 Å². The zero-order chi connectivity index (χ0) is 20.1. The number of carbonyl (C=O) groups is 1. The molecular formula is C20H21F2N5O. The maximum atomic E-state index is 14.2. The molecule has 1 N–H and O–H groups in total. The molecule has 3 heterocycles. The van der Waals surface area contributed by atoms with Crippen LogP contribution in [0, 0.1) is 6.92 Å². The Morgan fingerprint density at radius 2 is 2.07 bits per heavy atom. The Balaban J connectivity index is 1.91. The summed E-state index contributed by atoms with van der Waals surface area (Å²) in [5.74, 6) is -3.36. The summed E-state index contributed by atoms with van der Waals surface area (Å²) >= 11 is 0. The van der Waals surface area contributed by atoms with Gasteiger partial charge < -0.3 is 9.88 Å². The maximum absolute atomic E-state index is 14.2. The Morgan fingerprint density at radius 3 is 2.71 bits per heavy atom. The van der Waals surface area contributed by atoms with Crippen molar-refractivity contribution in [2.45, 2.75) is 52.0 Å². The Bertz CT molecular complexity index is 1070. The van der Waals surface area contributed by atoms with Crippen molar-refractivity contribution in [3.63, 3.8) is 0 Å². The second-order valence-electron chi connectivity index (χ2n) is 7.23. The largest absolute Gasteiger partial charge is 0.342 e. The molecule has 28 heavy (non-hydrogen) atoms. The molecule has 146 valence electrons. The molecule has 0 atom stereocenters. The fourth-order valence-electron chi connectivity index (χ4n) is 3.28. The smallest absolute Gasteiger partial charge is 0.306 e. The molecule has 1 saturated carbocycles. The lowest BCUT2D eigenvalue weighted by atomic mass is 10.1. The van der Waals surface area contributed by atoms with E-state index in [1.54, 1.807) is 25.3 Å². The van der Waals surface area contributed by atoms with Gasteiger partial charge in [0, 0.05) is 42.2 Å². The number of anilines is 1. The van der Waals surface area contributed by atoms with Gasteiger partial charge in [-0.15, -0.1) is 0 Å². The molecular weight excluding hydrogens is 364 g/mol. The molecule has 8 heteroatoms. The first-order valence-corrected chi connectivity index (χ1v) is 9.31. The number of pyridine rings is 1. The van der Waals surface area contributed by atoms with E-state index in [0.29, 0.717) is 23.2 Å².